The molecule has 3 rings (SSSR count). The first-order valence-corrected chi connectivity index (χ1v) is 5.61. The molecule has 0 radical (unpaired) electrons. The Bertz CT molecular complexity index is 653. The van der Waals surface area contributed by atoms with Crippen LogP contribution >= 0.6 is 15.9 Å². The maximum absolute atomic E-state index is 5.81. The van der Waals surface area contributed by atoms with E-state index < -0.39 is 0 Å². The van der Waals surface area contributed by atoms with Crippen LogP contribution in [-0.4, -0.2) is 15.2 Å². The zero-order valence-corrected chi connectivity index (χ0v) is 9.88. The minimum atomic E-state index is 0.641. The Labute approximate surface area is 100.0 Å². The van der Waals surface area contributed by atoms with Crippen molar-refractivity contribution in [1.82, 2.24) is 15.2 Å². The molecule has 0 aliphatic heterocycles. The smallest absolute Gasteiger partial charge is 0.104 e. The fraction of sp³-hybridized carbons (Fsp3) is 0. The van der Waals surface area contributed by atoms with Gasteiger partial charge in [-0.2, -0.15) is 5.10 Å². The Balaban J connectivity index is 2.27. The van der Waals surface area contributed by atoms with Crippen LogP contribution in [0.15, 0.2) is 34.9 Å². The lowest BCUT2D eigenvalue weighted by Gasteiger charge is -1.94. The van der Waals surface area contributed by atoms with Gasteiger partial charge in [-0.1, -0.05) is 12.1 Å². The van der Waals surface area contributed by atoms with Crippen LogP contribution in [0.1, 0.15) is 0 Å². The second kappa shape index (κ2) is 3.38. The highest BCUT2D eigenvalue weighted by molar-refractivity contribution is 9.10. The van der Waals surface area contributed by atoms with Crippen molar-refractivity contribution in [2.45, 2.75) is 0 Å². The minimum absolute atomic E-state index is 0.641. The highest BCUT2D eigenvalue weighted by Crippen LogP contribution is 2.29. The molecule has 0 aliphatic rings. The molecular formula is C11H9BrN4. The second-order valence-corrected chi connectivity index (χ2v) is 4.44. The summed E-state index contributed by atoms with van der Waals surface area (Å²) in [5.74, 6) is 0. The number of para-hydroxylation sites is 1. The van der Waals surface area contributed by atoms with Gasteiger partial charge >= 0.3 is 0 Å². The Kier molecular flexibility index (Phi) is 2.00. The van der Waals surface area contributed by atoms with Crippen molar-refractivity contribution in [3.05, 3.63) is 34.9 Å². The minimum Gasteiger partial charge on any atom is -0.396 e. The van der Waals surface area contributed by atoms with Crippen molar-refractivity contribution < 1.29 is 0 Å². The van der Waals surface area contributed by atoms with Gasteiger partial charge in [0.2, 0.25) is 0 Å². The van der Waals surface area contributed by atoms with E-state index in [1.54, 1.807) is 6.20 Å². The van der Waals surface area contributed by atoms with E-state index in [9.17, 15) is 0 Å². The Morgan fingerprint density at radius 2 is 2.19 bits per heavy atom. The fourth-order valence-electron chi connectivity index (χ4n) is 1.77. The normalized spacial score (nSPS) is 11.1. The van der Waals surface area contributed by atoms with Crippen molar-refractivity contribution in [3.63, 3.8) is 0 Å². The molecule has 0 amide bonds. The van der Waals surface area contributed by atoms with Crippen LogP contribution in [0.4, 0.5) is 5.69 Å². The number of aromatic nitrogens is 3. The van der Waals surface area contributed by atoms with E-state index in [2.05, 4.69) is 31.1 Å². The number of rotatable bonds is 1. The number of halogens is 1. The van der Waals surface area contributed by atoms with Crippen LogP contribution in [-0.2, 0) is 0 Å². The first kappa shape index (κ1) is 9.47. The van der Waals surface area contributed by atoms with Crippen LogP contribution in [0.25, 0.3) is 22.3 Å². The van der Waals surface area contributed by atoms with Gasteiger partial charge in [0, 0.05) is 9.86 Å². The number of nitrogens with zero attached hydrogens (tertiary/aromatic N) is 1. The van der Waals surface area contributed by atoms with Gasteiger partial charge in [0.05, 0.1) is 23.1 Å². The highest BCUT2D eigenvalue weighted by atomic mass is 79.9. The molecule has 3 aromatic rings. The van der Waals surface area contributed by atoms with Crippen molar-refractivity contribution in [1.29, 1.82) is 0 Å². The third-order valence-electron chi connectivity index (χ3n) is 2.54. The van der Waals surface area contributed by atoms with Gasteiger partial charge in [0.1, 0.15) is 5.69 Å². The summed E-state index contributed by atoms with van der Waals surface area (Å²) in [6.45, 7) is 0. The first-order chi connectivity index (χ1) is 7.75. The summed E-state index contributed by atoms with van der Waals surface area (Å²) in [6, 6.07) is 8.09. The van der Waals surface area contributed by atoms with E-state index in [4.69, 9.17) is 5.73 Å². The molecule has 4 nitrogen and oxygen atoms in total. The van der Waals surface area contributed by atoms with Gasteiger partial charge in [-0.3, -0.25) is 5.10 Å². The number of H-pyrrole nitrogens is 2. The lowest BCUT2D eigenvalue weighted by Crippen LogP contribution is -1.86. The molecule has 1 aromatic carbocycles. The molecule has 0 aliphatic carbocycles. The number of nitrogens with one attached hydrogen (secondary N) is 2. The quantitative estimate of drug-likeness (QED) is 0.640. The number of aromatic amines is 2. The molecule has 4 N–H and O–H groups in total. The summed E-state index contributed by atoms with van der Waals surface area (Å²) >= 11 is 3.50. The van der Waals surface area contributed by atoms with Crippen LogP contribution < -0.4 is 5.73 Å². The first-order valence-electron chi connectivity index (χ1n) is 4.82. The molecule has 0 atom stereocenters. The number of hydrogen-bond acceptors (Lipinski definition) is 2. The van der Waals surface area contributed by atoms with Crippen LogP contribution in [0, 0.1) is 0 Å². The largest absolute Gasteiger partial charge is 0.396 e. The molecule has 5 heteroatoms. The van der Waals surface area contributed by atoms with Gasteiger partial charge in [-0.15, -0.1) is 0 Å². The Morgan fingerprint density at radius 3 is 2.88 bits per heavy atom. The molecule has 0 bridgehead atoms. The number of fused-ring (bicyclic) bond motifs is 1. The van der Waals surface area contributed by atoms with Gasteiger partial charge in [-0.25, -0.2) is 0 Å². The van der Waals surface area contributed by atoms with Crippen molar-refractivity contribution >= 4 is 32.5 Å². The number of benzene rings is 1. The molecule has 0 unspecified atom stereocenters. The summed E-state index contributed by atoms with van der Waals surface area (Å²) < 4.78 is 1.04. The number of hydrogen-bond donors (Lipinski definition) is 3. The third-order valence-corrected chi connectivity index (χ3v) is 3.20. The van der Waals surface area contributed by atoms with Crippen molar-refractivity contribution in [3.8, 4) is 11.4 Å². The number of anilines is 1. The van der Waals surface area contributed by atoms with Gasteiger partial charge in [0.25, 0.3) is 0 Å². The van der Waals surface area contributed by atoms with Gasteiger partial charge in [-0.05, 0) is 28.1 Å². The molecule has 0 fully saturated rings. The maximum atomic E-state index is 5.81. The second-order valence-electron chi connectivity index (χ2n) is 3.59. The molecule has 2 heterocycles. The summed E-state index contributed by atoms with van der Waals surface area (Å²) in [6.07, 6.45) is 1.61. The van der Waals surface area contributed by atoms with E-state index in [1.807, 2.05) is 24.3 Å². The monoisotopic (exact) mass is 276 g/mol. The molecule has 16 heavy (non-hydrogen) atoms. The summed E-state index contributed by atoms with van der Waals surface area (Å²) in [7, 11) is 0. The van der Waals surface area contributed by atoms with E-state index in [0.29, 0.717) is 5.69 Å². The van der Waals surface area contributed by atoms with Crippen LogP contribution in [0.3, 0.4) is 0 Å². The predicted molar refractivity (Wildman–Crippen MR) is 68.0 cm³/mol. The van der Waals surface area contributed by atoms with E-state index in [1.165, 1.54) is 0 Å². The van der Waals surface area contributed by atoms with Crippen LogP contribution in [0.5, 0.6) is 0 Å². The summed E-state index contributed by atoms with van der Waals surface area (Å²) in [5.41, 5.74) is 9.27. The van der Waals surface area contributed by atoms with Gasteiger partial charge in [0.15, 0.2) is 0 Å². The number of nitrogens with two attached hydrogens (primary N) is 1. The zero-order chi connectivity index (χ0) is 11.1. The standard InChI is InChI=1S/C11H9BrN4/c12-7-3-1-2-6-4-9(15-10(6)7)11-8(13)5-14-16-11/h1-5,15H,13H2,(H,14,16). The van der Waals surface area contributed by atoms with Crippen molar-refractivity contribution in [2.24, 2.45) is 0 Å². The van der Waals surface area contributed by atoms with Gasteiger partial charge < -0.3 is 10.7 Å². The molecular weight excluding hydrogens is 268 g/mol. The van der Waals surface area contributed by atoms with E-state index in [0.717, 1.165) is 26.8 Å². The molecule has 0 spiro atoms. The zero-order valence-electron chi connectivity index (χ0n) is 8.29. The SMILES string of the molecule is Nc1cn[nH]c1-c1cc2cccc(Br)c2[nH]1. The Morgan fingerprint density at radius 1 is 1.31 bits per heavy atom. The fourth-order valence-corrected chi connectivity index (χ4v) is 2.25. The molecule has 0 saturated carbocycles. The lowest BCUT2D eigenvalue weighted by atomic mass is 10.2. The van der Waals surface area contributed by atoms with Crippen LogP contribution in [0.2, 0.25) is 0 Å². The van der Waals surface area contributed by atoms with E-state index >= 15 is 0 Å². The maximum Gasteiger partial charge on any atom is 0.104 e. The molecule has 2 aromatic heterocycles. The lowest BCUT2D eigenvalue weighted by molar-refractivity contribution is 1.09. The Hall–Kier alpha value is -1.75. The highest BCUT2D eigenvalue weighted by Gasteiger charge is 2.09. The van der Waals surface area contributed by atoms with Crippen molar-refractivity contribution in [2.75, 3.05) is 5.73 Å². The topological polar surface area (TPSA) is 70.5 Å². The average molecular weight is 277 g/mol. The third kappa shape index (κ3) is 1.32. The average Bonchev–Trinajstić information content (AvgIpc) is 2.84. The summed E-state index contributed by atoms with van der Waals surface area (Å²) in [5, 5.41) is 7.93. The molecule has 0 saturated heterocycles. The number of nitrogen functional groups attached to an aromatic ring is 1. The summed E-state index contributed by atoms with van der Waals surface area (Å²) in [4.78, 5) is 3.31. The molecule has 80 valence electrons. The predicted octanol–water partition coefficient (Wildman–Crippen LogP) is 2.90. The van der Waals surface area contributed by atoms with E-state index in [-0.39, 0.29) is 0 Å².